The monoisotopic (exact) mass is 595 g/mol. The van der Waals surface area contributed by atoms with Gasteiger partial charge in [0.05, 0.1) is 22.9 Å². The molecule has 0 bridgehead atoms. The number of imide groups is 1. The summed E-state index contributed by atoms with van der Waals surface area (Å²) < 4.78 is 40.2. The number of hydrogen-bond donors (Lipinski definition) is 1. The van der Waals surface area contributed by atoms with E-state index in [0.717, 1.165) is 55.4 Å². The van der Waals surface area contributed by atoms with Gasteiger partial charge in [-0.3, -0.25) is 14.5 Å². The minimum Gasteiger partial charge on any atom is -0.334 e. The summed E-state index contributed by atoms with van der Waals surface area (Å²) in [4.78, 5) is 43.3. The summed E-state index contributed by atoms with van der Waals surface area (Å²) in [7, 11) is 0. The summed E-state index contributed by atoms with van der Waals surface area (Å²) in [5.74, 6) is -1.25. The second-order valence-electron chi connectivity index (χ2n) is 11.0. The van der Waals surface area contributed by atoms with Gasteiger partial charge in [-0.2, -0.15) is 18.4 Å². The molecule has 11 heteroatoms. The number of aryl methyl sites for hydroxylation is 1. The Balaban J connectivity index is 1.16. The number of halogens is 3. The molecule has 2 heterocycles. The average molecular weight is 596 g/mol. The van der Waals surface area contributed by atoms with Gasteiger partial charge in [-0.1, -0.05) is 42.7 Å². The first kappa shape index (κ1) is 31.8. The molecule has 228 valence electrons. The van der Waals surface area contributed by atoms with E-state index in [9.17, 15) is 27.6 Å². The van der Waals surface area contributed by atoms with E-state index < -0.39 is 29.1 Å². The van der Waals surface area contributed by atoms with E-state index in [1.54, 1.807) is 0 Å². The van der Waals surface area contributed by atoms with Crippen molar-refractivity contribution >= 4 is 23.5 Å². The number of nitrogens with zero attached hydrogens (tertiary/aromatic N) is 4. The van der Waals surface area contributed by atoms with Gasteiger partial charge in [-0.05, 0) is 63.4 Å². The Kier molecular flexibility index (Phi) is 10.2. The van der Waals surface area contributed by atoms with Crippen LogP contribution in [-0.2, 0) is 22.3 Å². The molecule has 2 aliphatic rings. The predicted molar refractivity (Wildman–Crippen MR) is 156 cm³/mol. The van der Waals surface area contributed by atoms with E-state index in [4.69, 9.17) is 5.26 Å². The SMILES string of the molecule is CC1=C(CCCCCCN2CCN(C(=O)NCc3ccc(C)cc3)CC2)C(=O)N(c2ccc(C#N)c(C(F)(F)F)c2)C1=O. The summed E-state index contributed by atoms with van der Waals surface area (Å²) >= 11 is 0. The maximum absolute atomic E-state index is 13.4. The van der Waals surface area contributed by atoms with Crippen LogP contribution in [0, 0.1) is 18.3 Å². The van der Waals surface area contributed by atoms with Crippen LogP contribution in [0.25, 0.3) is 0 Å². The summed E-state index contributed by atoms with van der Waals surface area (Å²) in [5.41, 5.74) is 0.864. The first-order chi connectivity index (χ1) is 20.5. The molecule has 1 fully saturated rings. The van der Waals surface area contributed by atoms with Gasteiger partial charge in [0.2, 0.25) is 0 Å². The number of carbonyl (C=O) groups excluding carboxylic acids is 3. The Labute approximate surface area is 249 Å². The number of piperazine rings is 1. The predicted octanol–water partition coefficient (Wildman–Crippen LogP) is 5.55. The lowest BCUT2D eigenvalue weighted by Gasteiger charge is -2.34. The molecule has 1 N–H and O–H groups in total. The number of unbranched alkanes of at least 4 members (excludes halogenated alkanes) is 3. The number of carbonyl (C=O) groups is 3. The smallest absolute Gasteiger partial charge is 0.334 e. The Hall–Kier alpha value is -4.17. The first-order valence-corrected chi connectivity index (χ1v) is 14.5. The van der Waals surface area contributed by atoms with Crippen molar-refractivity contribution < 1.29 is 27.6 Å². The lowest BCUT2D eigenvalue weighted by Crippen LogP contribution is -2.51. The number of anilines is 1. The highest BCUT2D eigenvalue weighted by Gasteiger charge is 2.39. The van der Waals surface area contributed by atoms with Gasteiger partial charge >= 0.3 is 12.2 Å². The van der Waals surface area contributed by atoms with E-state index in [-0.39, 0.29) is 17.3 Å². The topological polar surface area (TPSA) is 96.8 Å². The summed E-state index contributed by atoms with van der Waals surface area (Å²) in [6.07, 6.45) is -1.01. The molecule has 1 saturated heterocycles. The molecule has 0 saturated carbocycles. The minimum atomic E-state index is -4.79. The standard InChI is InChI=1S/C32H36F3N5O3/c1-22-8-10-24(11-9-22)21-37-31(43)39-17-15-38(16-18-39)14-6-4-3-5-7-27-23(2)29(41)40(30(27)42)26-13-12-25(20-36)28(19-26)32(33,34)35/h8-13,19H,3-7,14-18,21H2,1-2H3,(H,37,43). The largest absolute Gasteiger partial charge is 0.417 e. The molecule has 0 aromatic heterocycles. The highest BCUT2D eigenvalue weighted by Crippen LogP contribution is 2.37. The molecule has 0 atom stereocenters. The van der Waals surface area contributed by atoms with Gasteiger partial charge in [0.1, 0.15) is 0 Å². The zero-order valence-electron chi connectivity index (χ0n) is 24.5. The van der Waals surface area contributed by atoms with E-state index >= 15 is 0 Å². The summed E-state index contributed by atoms with van der Waals surface area (Å²) in [6, 6.07) is 12.4. The molecule has 8 nitrogen and oxygen atoms in total. The molecular formula is C32H36F3N5O3. The molecule has 2 aromatic rings. The fourth-order valence-electron chi connectivity index (χ4n) is 5.38. The molecule has 0 radical (unpaired) electrons. The minimum absolute atomic E-state index is 0.0525. The van der Waals surface area contributed by atoms with Crippen LogP contribution in [0.4, 0.5) is 23.7 Å². The molecule has 0 unspecified atom stereocenters. The number of nitrogens with one attached hydrogen (secondary N) is 1. The molecular weight excluding hydrogens is 559 g/mol. The van der Waals surface area contributed by atoms with Crippen LogP contribution >= 0.6 is 0 Å². The second kappa shape index (κ2) is 13.9. The molecule has 0 spiro atoms. The number of benzene rings is 2. The quantitative estimate of drug-likeness (QED) is 0.287. The fourth-order valence-corrected chi connectivity index (χ4v) is 5.38. The molecule has 2 aliphatic heterocycles. The first-order valence-electron chi connectivity index (χ1n) is 14.5. The van der Waals surface area contributed by atoms with E-state index in [2.05, 4.69) is 10.2 Å². The lowest BCUT2D eigenvalue weighted by molar-refractivity contribution is -0.138. The zero-order valence-corrected chi connectivity index (χ0v) is 24.5. The van der Waals surface area contributed by atoms with Gasteiger partial charge in [-0.15, -0.1) is 0 Å². The third-order valence-corrected chi connectivity index (χ3v) is 8.00. The number of nitriles is 1. The normalized spacial score (nSPS) is 16.2. The van der Waals surface area contributed by atoms with E-state index in [0.29, 0.717) is 44.1 Å². The summed E-state index contributed by atoms with van der Waals surface area (Å²) in [5, 5.41) is 12.0. The zero-order chi connectivity index (χ0) is 31.1. The second-order valence-corrected chi connectivity index (χ2v) is 11.0. The van der Waals surface area contributed by atoms with Crippen molar-refractivity contribution in [1.29, 1.82) is 5.26 Å². The third-order valence-electron chi connectivity index (χ3n) is 8.00. The van der Waals surface area contributed by atoms with Crippen molar-refractivity contribution in [2.75, 3.05) is 37.6 Å². The van der Waals surface area contributed by atoms with Crippen molar-refractivity contribution in [3.63, 3.8) is 0 Å². The van der Waals surface area contributed by atoms with Crippen LogP contribution in [0.15, 0.2) is 53.6 Å². The maximum atomic E-state index is 13.4. The van der Waals surface area contributed by atoms with Crippen molar-refractivity contribution in [3.05, 3.63) is 75.9 Å². The van der Waals surface area contributed by atoms with E-state index in [1.807, 2.05) is 36.1 Å². The van der Waals surface area contributed by atoms with Gasteiger partial charge < -0.3 is 10.2 Å². The maximum Gasteiger partial charge on any atom is 0.417 e. The van der Waals surface area contributed by atoms with Gasteiger partial charge in [0.15, 0.2) is 0 Å². The van der Waals surface area contributed by atoms with Gasteiger partial charge in [0, 0.05) is 43.9 Å². The van der Waals surface area contributed by atoms with Crippen LogP contribution in [0.1, 0.15) is 61.3 Å². The van der Waals surface area contributed by atoms with Gasteiger partial charge in [-0.25, -0.2) is 9.69 Å². The van der Waals surface area contributed by atoms with Crippen LogP contribution in [-0.4, -0.2) is 60.4 Å². The molecule has 43 heavy (non-hydrogen) atoms. The molecule has 2 aromatic carbocycles. The Morgan fingerprint density at radius 2 is 1.60 bits per heavy atom. The number of rotatable bonds is 10. The average Bonchev–Trinajstić information content (AvgIpc) is 3.20. The molecule has 4 rings (SSSR count). The van der Waals surface area contributed by atoms with Crippen LogP contribution in [0.3, 0.4) is 0 Å². The Morgan fingerprint density at radius 3 is 2.26 bits per heavy atom. The highest BCUT2D eigenvalue weighted by atomic mass is 19.4. The number of hydrogen-bond acceptors (Lipinski definition) is 5. The third kappa shape index (κ3) is 7.82. The lowest BCUT2D eigenvalue weighted by atomic mass is 10.0. The highest BCUT2D eigenvalue weighted by molar-refractivity contribution is 6.32. The fraction of sp³-hybridized carbons (Fsp3) is 0.438. The summed E-state index contributed by atoms with van der Waals surface area (Å²) in [6.45, 7) is 7.91. The van der Waals surface area contributed by atoms with Crippen LogP contribution < -0.4 is 10.2 Å². The number of urea groups is 1. The van der Waals surface area contributed by atoms with Crippen molar-refractivity contribution in [3.8, 4) is 6.07 Å². The van der Waals surface area contributed by atoms with Crippen LogP contribution in [0.5, 0.6) is 0 Å². The van der Waals surface area contributed by atoms with Crippen molar-refractivity contribution in [1.82, 2.24) is 15.1 Å². The Morgan fingerprint density at radius 1 is 0.930 bits per heavy atom. The van der Waals surface area contributed by atoms with Gasteiger partial charge in [0.25, 0.3) is 11.8 Å². The van der Waals surface area contributed by atoms with Crippen molar-refractivity contribution in [2.24, 2.45) is 0 Å². The Bertz CT molecular complexity index is 1420. The molecule has 4 amide bonds. The number of alkyl halides is 3. The number of amides is 4. The van der Waals surface area contributed by atoms with Crippen molar-refractivity contribution in [2.45, 2.75) is 58.7 Å². The van der Waals surface area contributed by atoms with E-state index in [1.165, 1.54) is 24.6 Å². The molecule has 0 aliphatic carbocycles. The van der Waals surface area contributed by atoms with Crippen LogP contribution in [0.2, 0.25) is 0 Å².